The summed E-state index contributed by atoms with van der Waals surface area (Å²) in [5.41, 5.74) is 1.09. The van der Waals surface area contributed by atoms with Crippen molar-refractivity contribution >= 4 is 17.5 Å². The lowest BCUT2D eigenvalue weighted by Crippen LogP contribution is -2.44. The molecule has 0 radical (unpaired) electrons. The molecule has 1 aliphatic heterocycles. The highest BCUT2D eigenvalue weighted by Crippen LogP contribution is 2.24. The summed E-state index contributed by atoms with van der Waals surface area (Å²) in [5.74, 6) is 0.226. The predicted octanol–water partition coefficient (Wildman–Crippen LogP) is 1.88. The van der Waals surface area contributed by atoms with E-state index in [-0.39, 0.29) is 11.9 Å². The SMILES string of the molecule is Cn1ccnc1C(=O)NC[C@H](c1cccc(Cl)c1)N1CCOCC1. The average Bonchev–Trinajstić information content (AvgIpc) is 3.02. The van der Waals surface area contributed by atoms with Crippen molar-refractivity contribution in [3.05, 3.63) is 53.1 Å². The minimum atomic E-state index is -0.178. The second-order valence-electron chi connectivity index (χ2n) is 5.79. The first-order valence-corrected chi connectivity index (χ1v) is 8.36. The van der Waals surface area contributed by atoms with Crippen molar-refractivity contribution in [2.75, 3.05) is 32.8 Å². The van der Waals surface area contributed by atoms with Crippen LogP contribution in [-0.4, -0.2) is 53.2 Å². The molecular formula is C17H21ClN4O2. The molecule has 1 aromatic heterocycles. The molecule has 6 nitrogen and oxygen atoms in total. The molecule has 0 aliphatic carbocycles. The van der Waals surface area contributed by atoms with Crippen molar-refractivity contribution in [3.63, 3.8) is 0 Å². The minimum Gasteiger partial charge on any atom is -0.379 e. The Kier molecular flexibility index (Phi) is 5.50. The number of aryl methyl sites for hydroxylation is 1. The Bertz CT molecular complexity index is 697. The molecule has 1 aliphatic rings. The Balaban J connectivity index is 1.74. The number of halogens is 1. The van der Waals surface area contributed by atoms with E-state index in [2.05, 4.69) is 15.2 Å². The maximum Gasteiger partial charge on any atom is 0.287 e. The van der Waals surface area contributed by atoms with Crippen molar-refractivity contribution in [3.8, 4) is 0 Å². The largest absolute Gasteiger partial charge is 0.379 e. The fourth-order valence-corrected chi connectivity index (χ4v) is 3.11. The second-order valence-corrected chi connectivity index (χ2v) is 6.23. The minimum absolute atomic E-state index is 0.0526. The van der Waals surface area contributed by atoms with Crippen LogP contribution in [0.25, 0.3) is 0 Å². The van der Waals surface area contributed by atoms with E-state index in [1.54, 1.807) is 24.0 Å². The summed E-state index contributed by atoms with van der Waals surface area (Å²) in [7, 11) is 1.80. The van der Waals surface area contributed by atoms with Gasteiger partial charge in [-0.3, -0.25) is 9.69 Å². The smallest absolute Gasteiger partial charge is 0.287 e. The van der Waals surface area contributed by atoms with Gasteiger partial charge in [-0.2, -0.15) is 0 Å². The van der Waals surface area contributed by atoms with Crippen LogP contribution < -0.4 is 5.32 Å². The number of benzene rings is 1. The number of hydrogen-bond donors (Lipinski definition) is 1. The second kappa shape index (κ2) is 7.79. The van der Waals surface area contributed by atoms with Gasteiger partial charge < -0.3 is 14.6 Å². The van der Waals surface area contributed by atoms with Crippen molar-refractivity contribution in [1.29, 1.82) is 0 Å². The summed E-state index contributed by atoms with van der Waals surface area (Å²) >= 11 is 6.15. The first-order valence-electron chi connectivity index (χ1n) is 7.98. The molecule has 2 heterocycles. The number of imidazole rings is 1. The highest BCUT2D eigenvalue weighted by Gasteiger charge is 2.24. The van der Waals surface area contributed by atoms with Crippen LogP contribution in [0.5, 0.6) is 0 Å². The molecular weight excluding hydrogens is 328 g/mol. The molecule has 0 saturated carbocycles. The summed E-state index contributed by atoms with van der Waals surface area (Å²) < 4.78 is 7.15. The number of aromatic nitrogens is 2. The third-order valence-electron chi connectivity index (χ3n) is 4.20. The highest BCUT2D eigenvalue weighted by atomic mass is 35.5. The first kappa shape index (κ1) is 17.0. The number of carbonyl (C=O) groups is 1. The number of hydrogen-bond acceptors (Lipinski definition) is 4. The van der Waals surface area contributed by atoms with Gasteiger partial charge in [0.1, 0.15) is 0 Å². The standard InChI is InChI=1S/C17H21ClN4O2/c1-21-6-5-19-16(21)17(23)20-12-15(22-7-9-24-10-8-22)13-3-2-4-14(18)11-13/h2-6,11,15H,7-10,12H2,1H3,(H,20,23)/t15-/m1/s1. The average molecular weight is 349 g/mol. The van der Waals surface area contributed by atoms with Crippen molar-refractivity contribution < 1.29 is 9.53 Å². The van der Waals surface area contributed by atoms with Gasteiger partial charge in [-0.1, -0.05) is 23.7 Å². The van der Waals surface area contributed by atoms with Crippen molar-refractivity contribution in [2.45, 2.75) is 6.04 Å². The van der Waals surface area contributed by atoms with E-state index in [1.807, 2.05) is 24.3 Å². The Hall–Kier alpha value is -1.89. The molecule has 1 atom stereocenters. The van der Waals surface area contributed by atoms with Gasteiger partial charge in [-0.05, 0) is 17.7 Å². The fourth-order valence-electron chi connectivity index (χ4n) is 2.91. The Morgan fingerprint density at radius 2 is 2.21 bits per heavy atom. The molecule has 1 aromatic carbocycles. The Labute approximate surface area is 146 Å². The summed E-state index contributed by atoms with van der Waals surface area (Å²) in [6, 6.07) is 7.84. The number of carbonyl (C=O) groups excluding carboxylic acids is 1. The van der Waals surface area contributed by atoms with Gasteiger partial charge in [0.2, 0.25) is 0 Å². The summed E-state index contributed by atoms with van der Waals surface area (Å²) in [4.78, 5) is 18.8. The zero-order valence-corrected chi connectivity index (χ0v) is 14.4. The number of morpholine rings is 1. The van der Waals surface area contributed by atoms with E-state index in [9.17, 15) is 4.79 Å². The monoisotopic (exact) mass is 348 g/mol. The van der Waals surface area contributed by atoms with Gasteiger partial charge in [0.15, 0.2) is 5.82 Å². The molecule has 1 N–H and O–H groups in total. The number of nitrogens with zero attached hydrogens (tertiary/aromatic N) is 3. The van der Waals surface area contributed by atoms with Crippen LogP contribution in [0.1, 0.15) is 22.2 Å². The van der Waals surface area contributed by atoms with Crippen molar-refractivity contribution in [2.24, 2.45) is 7.05 Å². The zero-order valence-electron chi connectivity index (χ0n) is 13.6. The highest BCUT2D eigenvalue weighted by molar-refractivity contribution is 6.30. The molecule has 3 rings (SSSR count). The topological polar surface area (TPSA) is 59.4 Å². The zero-order chi connectivity index (χ0) is 16.9. The number of nitrogens with one attached hydrogen (secondary N) is 1. The van der Waals surface area contributed by atoms with Crippen LogP contribution in [0, 0.1) is 0 Å². The Morgan fingerprint density at radius 1 is 1.42 bits per heavy atom. The maximum atomic E-state index is 12.3. The Morgan fingerprint density at radius 3 is 2.88 bits per heavy atom. The van der Waals surface area contributed by atoms with E-state index >= 15 is 0 Å². The quantitative estimate of drug-likeness (QED) is 0.896. The van der Waals surface area contributed by atoms with E-state index in [1.165, 1.54) is 0 Å². The summed E-state index contributed by atoms with van der Waals surface area (Å²) in [5, 5.41) is 3.69. The van der Waals surface area contributed by atoms with Crippen LogP contribution >= 0.6 is 11.6 Å². The molecule has 0 unspecified atom stereocenters. The number of ether oxygens (including phenoxy) is 1. The third-order valence-corrected chi connectivity index (χ3v) is 4.44. The molecule has 7 heteroatoms. The number of amides is 1. The first-order chi connectivity index (χ1) is 11.6. The van der Waals surface area contributed by atoms with Crippen LogP contribution in [0.2, 0.25) is 5.02 Å². The number of rotatable bonds is 5. The molecule has 24 heavy (non-hydrogen) atoms. The molecule has 0 spiro atoms. The van der Waals surface area contributed by atoms with Gasteiger partial charge in [0.05, 0.1) is 19.3 Å². The van der Waals surface area contributed by atoms with E-state index < -0.39 is 0 Å². The summed E-state index contributed by atoms with van der Waals surface area (Å²) in [6.45, 7) is 3.55. The fraction of sp³-hybridized carbons (Fsp3) is 0.412. The van der Waals surface area contributed by atoms with Gasteiger partial charge >= 0.3 is 0 Å². The van der Waals surface area contributed by atoms with Crippen LogP contribution in [0.15, 0.2) is 36.7 Å². The molecule has 1 fully saturated rings. The van der Waals surface area contributed by atoms with Gasteiger partial charge in [-0.25, -0.2) is 4.98 Å². The predicted molar refractivity (Wildman–Crippen MR) is 92.1 cm³/mol. The lowest BCUT2D eigenvalue weighted by Gasteiger charge is -2.35. The van der Waals surface area contributed by atoms with Crippen molar-refractivity contribution in [1.82, 2.24) is 19.8 Å². The third kappa shape index (κ3) is 3.95. The normalized spacial score (nSPS) is 16.8. The molecule has 1 saturated heterocycles. The van der Waals surface area contributed by atoms with Gasteiger partial charge in [-0.15, -0.1) is 0 Å². The van der Waals surface area contributed by atoms with Gasteiger partial charge in [0.25, 0.3) is 5.91 Å². The molecule has 2 aromatic rings. The van der Waals surface area contributed by atoms with E-state index in [4.69, 9.17) is 16.3 Å². The molecule has 0 bridgehead atoms. The lowest BCUT2D eigenvalue weighted by molar-refractivity contribution is 0.0162. The molecule has 128 valence electrons. The lowest BCUT2D eigenvalue weighted by atomic mass is 10.0. The van der Waals surface area contributed by atoms with Crippen LogP contribution in [0.4, 0.5) is 0 Å². The molecule has 1 amide bonds. The maximum absolute atomic E-state index is 12.3. The van der Waals surface area contributed by atoms with E-state index in [0.29, 0.717) is 30.6 Å². The van der Waals surface area contributed by atoms with E-state index in [0.717, 1.165) is 18.7 Å². The summed E-state index contributed by atoms with van der Waals surface area (Å²) in [6.07, 6.45) is 3.37. The van der Waals surface area contributed by atoms with Crippen LogP contribution in [0.3, 0.4) is 0 Å². The van der Waals surface area contributed by atoms with Gasteiger partial charge in [0, 0.05) is 44.1 Å². The van der Waals surface area contributed by atoms with Crippen LogP contribution in [-0.2, 0) is 11.8 Å².